The van der Waals surface area contributed by atoms with Crippen LogP contribution in [-0.4, -0.2) is 94.9 Å². The maximum atomic E-state index is 15.2. The largest absolute Gasteiger partial charge is 0.497 e. The van der Waals surface area contributed by atoms with Gasteiger partial charge in [0.05, 0.1) is 53.0 Å². The fourth-order valence-electron chi connectivity index (χ4n) is 9.29. The van der Waals surface area contributed by atoms with Crippen molar-refractivity contribution < 1.29 is 38.5 Å². The molecule has 3 aliphatic rings. The number of carbonyl (C=O) groups is 4. The van der Waals surface area contributed by atoms with E-state index in [0.29, 0.717) is 49.4 Å². The van der Waals surface area contributed by atoms with Gasteiger partial charge in [0.15, 0.2) is 5.60 Å². The molecular weight excluding hydrogens is 741 g/mol. The van der Waals surface area contributed by atoms with Crippen LogP contribution in [0.1, 0.15) is 56.6 Å². The number of ether oxygens (including phenoxy) is 3. The van der Waals surface area contributed by atoms with Gasteiger partial charge in [-0.3, -0.25) is 19.2 Å². The van der Waals surface area contributed by atoms with E-state index in [-0.39, 0.29) is 67.1 Å². The van der Waals surface area contributed by atoms with E-state index in [2.05, 4.69) is 42.8 Å². The molecule has 0 radical (unpaired) electrons. The van der Waals surface area contributed by atoms with Crippen molar-refractivity contribution in [3.63, 3.8) is 0 Å². The topological polar surface area (TPSA) is 147 Å². The molecule has 0 aromatic heterocycles. The third-order valence-corrected chi connectivity index (χ3v) is 16.7. The van der Waals surface area contributed by atoms with Crippen LogP contribution in [0.3, 0.4) is 0 Å². The summed E-state index contributed by atoms with van der Waals surface area (Å²) in [5.74, 6) is -0.548. The molecule has 1 spiro atoms. The van der Waals surface area contributed by atoms with Crippen LogP contribution in [0.2, 0.25) is 18.6 Å². The molecule has 2 saturated heterocycles. The molecule has 0 saturated carbocycles. The van der Waals surface area contributed by atoms with Gasteiger partial charge in [-0.2, -0.15) is 0 Å². The van der Waals surface area contributed by atoms with Crippen molar-refractivity contribution in [2.24, 2.45) is 11.8 Å². The molecule has 3 aromatic carbocycles. The second-order valence-electron chi connectivity index (χ2n) is 16.1. The fraction of sp³-hybridized carbons (Fsp3) is 0.500. The second kappa shape index (κ2) is 18.4. The van der Waals surface area contributed by atoms with Crippen LogP contribution < -0.4 is 25.5 Å². The zero-order valence-electron chi connectivity index (χ0n) is 33.9. The van der Waals surface area contributed by atoms with Crippen molar-refractivity contribution in [2.75, 3.05) is 57.2 Å². The van der Waals surface area contributed by atoms with Crippen molar-refractivity contribution in [1.29, 1.82) is 0 Å². The van der Waals surface area contributed by atoms with Crippen LogP contribution >= 0.6 is 0 Å². The summed E-state index contributed by atoms with van der Waals surface area (Å²) < 4.78 is 17.6. The highest BCUT2D eigenvalue weighted by Crippen LogP contribution is 2.60. The zero-order chi connectivity index (χ0) is 40.7. The number of carbonyl (C=O) groups excluding carboxylic acids is 4. The van der Waals surface area contributed by atoms with Crippen molar-refractivity contribution in [1.82, 2.24) is 10.2 Å². The summed E-state index contributed by atoms with van der Waals surface area (Å²) >= 11 is 0. The molecule has 306 valence electrons. The van der Waals surface area contributed by atoms with Crippen molar-refractivity contribution in [3.05, 3.63) is 83.9 Å². The lowest BCUT2D eigenvalue weighted by Gasteiger charge is -2.37. The average Bonchev–Trinajstić information content (AvgIpc) is 3.65. The molecule has 3 amide bonds. The number of aliphatic hydroxyl groups excluding tert-OH is 1. The zero-order valence-corrected chi connectivity index (χ0v) is 34.9. The van der Waals surface area contributed by atoms with Crippen LogP contribution in [-0.2, 0) is 40.8 Å². The molecule has 13 heteroatoms. The van der Waals surface area contributed by atoms with Crippen LogP contribution in [0.5, 0.6) is 5.75 Å². The maximum absolute atomic E-state index is 15.2. The lowest BCUT2D eigenvalue weighted by Crippen LogP contribution is -2.52. The molecule has 3 heterocycles. The molecule has 3 N–H and O–H groups in total. The monoisotopic (exact) mass is 798 g/mol. The SMILES string of the molecule is COC(=O)CCCCN1C(=O)[C@@]2(O[C@@H](CC(=O)N(CCO)Cc3ccccc3)[C@H]([Si](C)(C)c3ccc(OC)cc3)[C@H]2C)c2cc(NC(=O)C3CCCNC3)ccc21. The van der Waals surface area contributed by atoms with Crippen molar-refractivity contribution in [2.45, 2.75) is 82.3 Å². The number of nitrogens with zero attached hydrogens (tertiary/aromatic N) is 2. The molecule has 3 aromatic rings. The Hall–Kier alpha value is -4.56. The van der Waals surface area contributed by atoms with Crippen LogP contribution in [0.25, 0.3) is 0 Å². The average molecular weight is 799 g/mol. The van der Waals surface area contributed by atoms with E-state index in [4.69, 9.17) is 14.2 Å². The molecule has 5 atom stereocenters. The Morgan fingerprint density at radius 3 is 2.47 bits per heavy atom. The molecule has 1 unspecified atom stereocenters. The number of esters is 1. The summed E-state index contributed by atoms with van der Waals surface area (Å²) in [6.45, 7) is 8.77. The summed E-state index contributed by atoms with van der Waals surface area (Å²) in [6, 6.07) is 23.4. The summed E-state index contributed by atoms with van der Waals surface area (Å²) in [5.41, 5.74) is 1.25. The Morgan fingerprint density at radius 1 is 1.05 bits per heavy atom. The van der Waals surface area contributed by atoms with Crippen LogP contribution in [0.15, 0.2) is 72.8 Å². The molecule has 3 aliphatic heterocycles. The first-order valence-electron chi connectivity index (χ1n) is 20.2. The van der Waals surface area contributed by atoms with Crippen LogP contribution in [0, 0.1) is 11.8 Å². The highest BCUT2D eigenvalue weighted by atomic mass is 28.3. The first-order valence-corrected chi connectivity index (χ1v) is 23.3. The first-order chi connectivity index (χ1) is 27.4. The number of anilines is 2. The van der Waals surface area contributed by atoms with Gasteiger partial charge in [0.2, 0.25) is 11.8 Å². The predicted octanol–water partition coefficient (Wildman–Crippen LogP) is 4.95. The second-order valence-corrected chi connectivity index (χ2v) is 20.8. The van der Waals surface area contributed by atoms with E-state index in [1.54, 1.807) is 16.9 Å². The number of fused-ring (bicyclic) bond motifs is 2. The Kier molecular flexibility index (Phi) is 13.5. The number of methoxy groups -OCH3 is 2. The number of hydrogen-bond acceptors (Lipinski definition) is 9. The Bertz CT molecular complexity index is 1890. The summed E-state index contributed by atoms with van der Waals surface area (Å²) in [5, 5.41) is 17.6. The predicted molar refractivity (Wildman–Crippen MR) is 222 cm³/mol. The number of nitrogens with one attached hydrogen (secondary N) is 2. The minimum absolute atomic E-state index is 0.0169. The van der Waals surface area contributed by atoms with Gasteiger partial charge in [0, 0.05) is 49.8 Å². The maximum Gasteiger partial charge on any atom is 0.305 e. The Balaban J connectivity index is 1.41. The van der Waals surface area contributed by atoms with Crippen LogP contribution in [0.4, 0.5) is 11.4 Å². The number of aliphatic hydroxyl groups is 1. The molecule has 6 rings (SSSR count). The van der Waals surface area contributed by atoms with E-state index < -0.39 is 19.8 Å². The number of piperidine rings is 1. The molecule has 2 fully saturated rings. The minimum atomic E-state index is -2.58. The van der Waals surface area contributed by atoms with Crippen molar-refractivity contribution in [3.8, 4) is 5.75 Å². The van der Waals surface area contributed by atoms with E-state index in [9.17, 15) is 19.5 Å². The number of unbranched alkanes of at least 4 members (excludes halogenated alkanes) is 1. The number of rotatable bonds is 16. The number of benzene rings is 3. The molecule has 57 heavy (non-hydrogen) atoms. The molecule has 12 nitrogen and oxygen atoms in total. The van der Waals surface area contributed by atoms with Gasteiger partial charge in [0.25, 0.3) is 5.91 Å². The number of hydrogen-bond donors (Lipinski definition) is 3. The van der Waals surface area contributed by atoms with E-state index in [1.807, 2.05) is 60.7 Å². The minimum Gasteiger partial charge on any atom is -0.497 e. The summed E-state index contributed by atoms with van der Waals surface area (Å²) in [6.07, 6.45) is 2.44. The summed E-state index contributed by atoms with van der Waals surface area (Å²) in [4.78, 5) is 58.5. The lowest BCUT2D eigenvalue weighted by atomic mass is 9.82. The third kappa shape index (κ3) is 8.81. The van der Waals surface area contributed by atoms with Gasteiger partial charge in [-0.1, -0.05) is 67.7 Å². The standard InChI is InChI=1S/C44H58N4O8Si/c1-30-41(57(4,5)35-19-17-34(54-2)18-20-35)38(27-39(50)47(24-25-49)29-31-12-7-6-8-13-31)56-44(30)36-26-33(46-42(52)32-14-11-22-45-28-32)16-21-37(36)48(43(44)53)23-10-9-15-40(51)55-3/h6-8,12-13,16-21,26,30,32,38,41,45,49H,9-11,14-15,22-25,27-29H2,1-5H3,(H,46,52)/t30-,32?,38+,41-,44+/m1/s1. The van der Waals surface area contributed by atoms with Crippen molar-refractivity contribution >= 4 is 48.3 Å². The first kappa shape index (κ1) is 42.1. The Labute approximate surface area is 337 Å². The van der Waals surface area contributed by atoms with Gasteiger partial charge >= 0.3 is 5.97 Å². The fourth-order valence-corrected chi connectivity index (χ4v) is 13.3. The number of amides is 3. The van der Waals surface area contributed by atoms with E-state index >= 15 is 4.79 Å². The molecule has 0 aliphatic carbocycles. The van der Waals surface area contributed by atoms with Gasteiger partial charge < -0.3 is 39.8 Å². The highest BCUT2D eigenvalue weighted by molar-refractivity contribution is 6.91. The third-order valence-electron chi connectivity index (χ3n) is 12.3. The normalized spacial score (nSPS) is 23.0. The smallest absolute Gasteiger partial charge is 0.305 e. The highest BCUT2D eigenvalue weighted by Gasteiger charge is 2.66. The lowest BCUT2D eigenvalue weighted by molar-refractivity contribution is -0.149. The van der Waals surface area contributed by atoms with Gasteiger partial charge in [-0.25, -0.2) is 0 Å². The Morgan fingerprint density at radius 2 is 1.81 bits per heavy atom. The van der Waals surface area contributed by atoms with Gasteiger partial charge in [0.1, 0.15) is 5.75 Å². The van der Waals surface area contributed by atoms with E-state index in [0.717, 1.165) is 35.9 Å². The van der Waals surface area contributed by atoms with Gasteiger partial charge in [-0.15, -0.1) is 0 Å². The van der Waals surface area contributed by atoms with Gasteiger partial charge in [-0.05, 0) is 73.7 Å². The molecular formula is C44H58N4O8Si. The summed E-state index contributed by atoms with van der Waals surface area (Å²) in [7, 11) is 0.423. The molecule has 0 bridgehead atoms. The van der Waals surface area contributed by atoms with E-state index in [1.165, 1.54) is 7.11 Å². The quantitative estimate of drug-likeness (QED) is 0.104.